The minimum absolute atomic E-state index is 0.401. The molecule has 0 unspecified atom stereocenters. The lowest BCUT2D eigenvalue weighted by Crippen LogP contribution is -2.29. The molecule has 2 rings (SSSR count). The molecule has 100 valence electrons. The summed E-state index contributed by atoms with van der Waals surface area (Å²) < 4.78 is 10.7. The maximum Gasteiger partial charge on any atom is 0.488 e. The minimum Gasteiger partial charge on any atom is -0.493 e. The first-order valence-corrected chi connectivity index (χ1v) is 6.65. The fourth-order valence-corrected chi connectivity index (χ4v) is 2.01. The summed E-state index contributed by atoms with van der Waals surface area (Å²) in [6, 6.07) is 6.67. The zero-order valence-corrected chi connectivity index (χ0v) is 11.1. The maximum absolute atomic E-state index is 9.04. The number of rotatable bonds is 6. The molecule has 0 saturated heterocycles. The Balaban J connectivity index is 1.78. The van der Waals surface area contributed by atoms with Crippen LogP contribution in [0.25, 0.3) is 0 Å². The van der Waals surface area contributed by atoms with Crippen LogP contribution < -0.4 is 10.2 Å². The average Bonchev–Trinajstić information content (AvgIpc) is 2.81. The quantitative estimate of drug-likeness (QED) is 0.445. The Kier molecular flexibility index (Phi) is 4.83. The molecule has 2 N–H and O–H groups in total. The van der Waals surface area contributed by atoms with E-state index in [0.29, 0.717) is 34.7 Å². The summed E-state index contributed by atoms with van der Waals surface area (Å²) in [7, 11) is -1.49. The van der Waals surface area contributed by atoms with Gasteiger partial charge in [-0.15, -0.1) is 10.2 Å². The van der Waals surface area contributed by atoms with E-state index in [0.717, 1.165) is 0 Å². The molecule has 19 heavy (non-hydrogen) atoms. The van der Waals surface area contributed by atoms with Crippen LogP contribution in [0.4, 0.5) is 0 Å². The Hall–Kier alpha value is -1.51. The van der Waals surface area contributed by atoms with Crippen molar-refractivity contribution >= 4 is 24.3 Å². The van der Waals surface area contributed by atoms with Crippen LogP contribution in [0, 0.1) is 6.92 Å². The first kappa shape index (κ1) is 13.9. The smallest absolute Gasteiger partial charge is 0.488 e. The van der Waals surface area contributed by atoms with Gasteiger partial charge in [-0.05, 0) is 17.6 Å². The fraction of sp³-hybridized carbons (Fsp3) is 0.273. The van der Waals surface area contributed by atoms with Crippen LogP contribution in [0.5, 0.6) is 5.75 Å². The van der Waals surface area contributed by atoms with E-state index in [2.05, 4.69) is 10.2 Å². The van der Waals surface area contributed by atoms with E-state index in [4.69, 9.17) is 19.2 Å². The largest absolute Gasteiger partial charge is 0.493 e. The number of hydrogen-bond donors (Lipinski definition) is 2. The van der Waals surface area contributed by atoms with Gasteiger partial charge in [-0.3, -0.25) is 0 Å². The van der Waals surface area contributed by atoms with Gasteiger partial charge in [-0.1, -0.05) is 23.9 Å². The van der Waals surface area contributed by atoms with Crippen molar-refractivity contribution in [3.05, 3.63) is 30.2 Å². The second kappa shape index (κ2) is 6.60. The normalized spacial score (nSPS) is 10.5. The van der Waals surface area contributed by atoms with Gasteiger partial charge in [0.25, 0.3) is 5.22 Å². The molecule has 0 atom stereocenters. The van der Waals surface area contributed by atoms with E-state index in [1.54, 1.807) is 31.2 Å². The molecule has 1 heterocycles. The molecule has 0 amide bonds. The number of aryl methyl sites for hydroxylation is 1. The highest BCUT2D eigenvalue weighted by molar-refractivity contribution is 7.99. The molecule has 1 aromatic carbocycles. The van der Waals surface area contributed by atoms with Crippen molar-refractivity contribution in [1.29, 1.82) is 0 Å². The van der Waals surface area contributed by atoms with Crippen molar-refractivity contribution in [2.75, 3.05) is 12.4 Å². The monoisotopic (exact) mass is 280 g/mol. The molecule has 0 bridgehead atoms. The highest BCUT2D eigenvalue weighted by atomic mass is 32.2. The van der Waals surface area contributed by atoms with E-state index in [1.807, 2.05) is 0 Å². The Morgan fingerprint density at radius 3 is 2.89 bits per heavy atom. The number of ether oxygens (including phenoxy) is 1. The summed E-state index contributed by atoms with van der Waals surface area (Å²) in [6.45, 7) is 2.19. The van der Waals surface area contributed by atoms with Crippen LogP contribution in [0.3, 0.4) is 0 Å². The molecule has 0 radical (unpaired) electrons. The lowest BCUT2D eigenvalue weighted by Gasteiger charge is -2.06. The predicted molar refractivity (Wildman–Crippen MR) is 71.5 cm³/mol. The number of nitrogens with zero attached hydrogens (tertiary/aromatic N) is 2. The summed E-state index contributed by atoms with van der Waals surface area (Å²) >= 11 is 1.41. The van der Waals surface area contributed by atoms with E-state index in [9.17, 15) is 0 Å². The van der Waals surface area contributed by atoms with Crippen molar-refractivity contribution in [1.82, 2.24) is 10.2 Å². The third kappa shape index (κ3) is 4.27. The van der Waals surface area contributed by atoms with Gasteiger partial charge in [-0.2, -0.15) is 0 Å². The van der Waals surface area contributed by atoms with Crippen molar-refractivity contribution in [3.63, 3.8) is 0 Å². The van der Waals surface area contributed by atoms with Gasteiger partial charge in [0, 0.05) is 12.7 Å². The van der Waals surface area contributed by atoms with Crippen molar-refractivity contribution in [3.8, 4) is 5.75 Å². The predicted octanol–water partition coefficient (Wildman–Crippen LogP) is 0.229. The minimum atomic E-state index is -1.49. The van der Waals surface area contributed by atoms with Gasteiger partial charge in [0.2, 0.25) is 5.89 Å². The second-order valence-corrected chi connectivity index (χ2v) is 4.78. The zero-order chi connectivity index (χ0) is 13.7. The number of hydrogen-bond acceptors (Lipinski definition) is 7. The third-order valence-electron chi connectivity index (χ3n) is 2.24. The molecule has 0 aliphatic rings. The van der Waals surface area contributed by atoms with Gasteiger partial charge >= 0.3 is 7.12 Å². The summed E-state index contributed by atoms with van der Waals surface area (Å²) in [5.74, 6) is 1.79. The average molecular weight is 280 g/mol. The van der Waals surface area contributed by atoms with Crippen molar-refractivity contribution in [2.24, 2.45) is 0 Å². The van der Waals surface area contributed by atoms with E-state index in [-0.39, 0.29) is 0 Å². The number of aromatic nitrogens is 2. The number of benzene rings is 1. The molecule has 0 saturated carbocycles. The molecule has 2 aromatic rings. The highest BCUT2D eigenvalue weighted by Crippen LogP contribution is 2.16. The molecule has 1 aromatic heterocycles. The Morgan fingerprint density at radius 1 is 1.37 bits per heavy atom. The van der Waals surface area contributed by atoms with Crippen LogP contribution in [0.2, 0.25) is 0 Å². The molecule has 0 aliphatic carbocycles. The van der Waals surface area contributed by atoms with Gasteiger partial charge in [-0.25, -0.2) is 0 Å². The SMILES string of the molecule is Cc1nnc(SCCOc2cccc(B(O)O)c2)o1. The van der Waals surface area contributed by atoms with E-state index in [1.165, 1.54) is 11.8 Å². The highest BCUT2D eigenvalue weighted by Gasteiger charge is 2.11. The van der Waals surface area contributed by atoms with Crippen molar-refractivity contribution in [2.45, 2.75) is 12.1 Å². The molecule has 0 spiro atoms. The number of thioether (sulfide) groups is 1. The standard InChI is InChI=1S/C11H13BN2O4S/c1-8-13-14-11(18-8)19-6-5-17-10-4-2-3-9(7-10)12(15)16/h2-4,7,15-16H,5-6H2,1H3. The van der Waals surface area contributed by atoms with Crippen LogP contribution in [0.15, 0.2) is 33.9 Å². The zero-order valence-electron chi connectivity index (χ0n) is 10.3. The molecular formula is C11H13BN2O4S. The Morgan fingerprint density at radius 2 is 2.21 bits per heavy atom. The topological polar surface area (TPSA) is 88.6 Å². The van der Waals surface area contributed by atoms with Crippen molar-refractivity contribution < 1.29 is 19.2 Å². The summed E-state index contributed by atoms with van der Waals surface area (Å²) in [5, 5.41) is 26.2. The summed E-state index contributed by atoms with van der Waals surface area (Å²) in [4.78, 5) is 0. The van der Waals surface area contributed by atoms with Gasteiger partial charge < -0.3 is 19.2 Å². The molecule has 6 nitrogen and oxygen atoms in total. The summed E-state index contributed by atoms with van der Waals surface area (Å²) in [6.07, 6.45) is 0. The van der Waals surface area contributed by atoms with Crippen LogP contribution in [-0.2, 0) is 0 Å². The van der Waals surface area contributed by atoms with Gasteiger partial charge in [0.05, 0.1) is 6.61 Å². The van der Waals surface area contributed by atoms with Crippen LogP contribution in [0.1, 0.15) is 5.89 Å². The first-order valence-electron chi connectivity index (χ1n) is 5.67. The van der Waals surface area contributed by atoms with Crippen LogP contribution in [-0.4, -0.2) is 39.7 Å². The van der Waals surface area contributed by atoms with Gasteiger partial charge in [0.15, 0.2) is 0 Å². The third-order valence-corrected chi connectivity index (χ3v) is 3.02. The molecule has 0 aliphatic heterocycles. The van der Waals surface area contributed by atoms with E-state index < -0.39 is 7.12 Å². The van der Waals surface area contributed by atoms with Crippen LogP contribution >= 0.6 is 11.8 Å². The lowest BCUT2D eigenvalue weighted by atomic mass is 9.80. The lowest BCUT2D eigenvalue weighted by molar-refractivity contribution is 0.343. The molecular weight excluding hydrogens is 267 g/mol. The Bertz CT molecular complexity index is 535. The van der Waals surface area contributed by atoms with E-state index >= 15 is 0 Å². The summed E-state index contributed by atoms with van der Waals surface area (Å²) in [5.41, 5.74) is 0.401. The maximum atomic E-state index is 9.04. The first-order chi connectivity index (χ1) is 9.15. The molecule has 8 heteroatoms. The fourth-order valence-electron chi connectivity index (χ4n) is 1.39. The van der Waals surface area contributed by atoms with Gasteiger partial charge in [0.1, 0.15) is 5.75 Å². The Labute approximate surface area is 115 Å². The second-order valence-electron chi connectivity index (χ2n) is 3.73. The molecule has 0 fully saturated rings.